The number of amides is 2. The zero-order chi connectivity index (χ0) is 21.3. The molecule has 0 aliphatic carbocycles. The quantitative estimate of drug-likeness (QED) is 0.538. The van der Waals surface area contributed by atoms with Gasteiger partial charge in [0.25, 0.3) is 11.8 Å². The number of hydrogen-bond donors (Lipinski definition) is 2. The van der Waals surface area contributed by atoms with Crippen LogP contribution < -0.4 is 10.6 Å². The number of nitrogens with zero attached hydrogens (tertiary/aromatic N) is 4. The minimum Gasteiger partial charge on any atom is -0.454 e. The highest BCUT2D eigenvalue weighted by Crippen LogP contribution is 2.18. The van der Waals surface area contributed by atoms with Crippen LogP contribution in [0.5, 0.6) is 0 Å². The Hall–Kier alpha value is -4.08. The van der Waals surface area contributed by atoms with E-state index < -0.39 is 18.5 Å². The molecule has 0 bridgehead atoms. The van der Waals surface area contributed by atoms with Crippen LogP contribution in [0.4, 0.5) is 5.69 Å². The fourth-order valence-electron chi connectivity index (χ4n) is 2.65. The monoisotopic (exact) mass is 408 g/mol. The van der Waals surface area contributed by atoms with Crippen molar-refractivity contribution in [2.45, 2.75) is 19.5 Å². The molecule has 2 amide bonds. The largest absolute Gasteiger partial charge is 0.454 e. The fraction of sp³-hybridized carbons (Fsp3) is 0.200. The Morgan fingerprint density at radius 3 is 2.53 bits per heavy atom. The van der Waals surface area contributed by atoms with Gasteiger partial charge in [0.15, 0.2) is 6.61 Å². The molecule has 0 unspecified atom stereocenters. The highest BCUT2D eigenvalue weighted by atomic mass is 16.5. The van der Waals surface area contributed by atoms with Gasteiger partial charge in [0.1, 0.15) is 12.9 Å². The third-order valence-electron chi connectivity index (χ3n) is 4.14. The van der Waals surface area contributed by atoms with Crippen molar-refractivity contribution < 1.29 is 19.1 Å². The van der Waals surface area contributed by atoms with E-state index in [1.165, 1.54) is 11.0 Å². The van der Waals surface area contributed by atoms with Crippen molar-refractivity contribution in [1.29, 1.82) is 0 Å². The van der Waals surface area contributed by atoms with Gasteiger partial charge in [-0.2, -0.15) is 0 Å². The van der Waals surface area contributed by atoms with Crippen molar-refractivity contribution in [3.63, 3.8) is 0 Å². The zero-order valence-electron chi connectivity index (χ0n) is 16.2. The average molecular weight is 408 g/mol. The van der Waals surface area contributed by atoms with Crippen molar-refractivity contribution in [3.8, 4) is 0 Å². The van der Waals surface area contributed by atoms with Gasteiger partial charge in [0.2, 0.25) is 0 Å². The number of rotatable bonds is 8. The molecule has 30 heavy (non-hydrogen) atoms. The normalized spacial score (nSPS) is 11.4. The number of para-hydroxylation sites is 1. The predicted molar refractivity (Wildman–Crippen MR) is 106 cm³/mol. The number of nitrogens with one attached hydrogen (secondary N) is 2. The van der Waals surface area contributed by atoms with Crippen LogP contribution in [0.25, 0.3) is 0 Å². The first-order valence-electron chi connectivity index (χ1n) is 9.14. The molecule has 3 aromatic rings. The number of aromatic nitrogens is 4. The first kappa shape index (κ1) is 20.6. The van der Waals surface area contributed by atoms with Gasteiger partial charge in [0.05, 0.1) is 17.3 Å². The van der Waals surface area contributed by atoms with Gasteiger partial charge >= 0.3 is 5.97 Å². The van der Waals surface area contributed by atoms with Crippen LogP contribution in [0.3, 0.4) is 0 Å². The third-order valence-corrected chi connectivity index (χ3v) is 4.14. The molecule has 10 heteroatoms. The molecule has 0 aliphatic rings. The molecule has 1 atom stereocenters. The highest BCUT2D eigenvalue weighted by Gasteiger charge is 2.17. The lowest BCUT2D eigenvalue weighted by molar-refractivity contribution is -0.148. The van der Waals surface area contributed by atoms with Crippen LogP contribution in [-0.4, -0.2) is 44.6 Å². The second kappa shape index (κ2) is 9.92. The molecule has 0 saturated heterocycles. The lowest BCUT2D eigenvalue weighted by Gasteiger charge is -2.16. The SMILES string of the molecule is C[C@@H](NC(=O)c1ccccc1NC(=O)COC(=O)Cn1cnnn1)c1ccccc1. The van der Waals surface area contributed by atoms with Crippen LogP contribution >= 0.6 is 0 Å². The van der Waals surface area contributed by atoms with Gasteiger partial charge in [0, 0.05) is 0 Å². The van der Waals surface area contributed by atoms with E-state index in [0.29, 0.717) is 11.3 Å². The Balaban J connectivity index is 1.57. The maximum atomic E-state index is 12.7. The van der Waals surface area contributed by atoms with Crippen LogP contribution in [0.1, 0.15) is 28.9 Å². The summed E-state index contributed by atoms with van der Waals surface area (Å²) >= 11 is 0. The summed E-state index contributed by atoms with van der Waals surface area (Å²) < 4.78 is 6.08. The molecule has 3 rings (SSSR count). The molecule has 0 saturated carbocycles. The van der Waals surface area contributed by atoms with E-state index in [4.69, 9.17) is 4.74 Å². The predicted octanol–water partition coefficient (Wildman–Crippen LogP) is 1.35. The van der Waals surface area contributed by atoms with E-state index in [2.05, 4.69) is 26.2 Å². The number of hydrogen-bond acceptors (Lipinski definition) is 7. The Morgan fingerprint density at radius 1 is 1.07 bits per heavy atom. The van der Waals surface area contributed by atoms with Crippen molar-refractivity contribution in [1.82, 2.24) is 25.5 Å². The second-order valence-corrected chi connectivity index (χ2v) is 6.37. The van der Waals surface area contributed by atoms with Crippen LogP contribution in [0.2, 0.25) is 0 Å². The average Bonchev–Trinajstić information content (AvgIpc) is 3.26. The smallest absolute Gasteiger partial charge is 0.328 e. The Labute approximate surface area is 172 Å². The Bertz CT molecular complexity index is 1010. The topological polar surface area (TPSA) is 128 Å². The van der Waals surface area contributed by atoms with Crippen LogP contribution in [0, 0.1) is 0 Å². The van der Waals surface area contributed by atoms with E-state index in [9.17, 15) is 14.4 Å². The number of carbonyl (C=O) groups is 3. The fourth-order valence-corrected chi connectivity index (χ4v) is 2.65. The summed E-state index contributed by atoms with van der Waals surface area (Å²) in [5.41, 5.74) is 1.58. The third kappa shape index (κ3) is 5.71. The molecule has 2 aromatic carbocycles. The van der Waals surface area contributed by atoms with E-state index in [1.54, 1.807) is 24.3 Å². The molecule has 0 radical (unpaired) electrons. The molecule has 0 aliphatic heterocycles. The molecular formula is C20H20N6O4. The number of anilines is 1. The van der Waals surface area contributed by atoms with Crippen molar-refractivity contribution in [2.75, 3.05) is 11.9 Å². The van der Waals surface area contributed by atoms with Crippen molar-refractivity contribution in [3.05, 3.63) is 72.1 Å². The molecule has 1 aromatic heterocycles. The summed E-state index contributed by atoms with van der Waals surface area (Å²) in [6.07, 6.45) is 1.26. The molecule has 2 N–H and O–H groups in total. The molecule has 0 fully saturated rings. The standard InChI is InChI=1S/C20H20N6O4/c1-14(15-7-3-2-4-8-15)22-20(29)16-9-5-6-10-17(16)23-18(27)12-30-19(28)11-26-13-21-24-25-26/h2-10,13-14H,11-12H2,1H3,(H,22,29)(H,23,27)/t14-/m1/s1. The van der Waals surface area contributed by atoms with E-state index in [1.807, 2.05) is 37.3 Å². The van der Waals surface area contributed by atoms with Gasteiger partial charge in [-0.3, -0.25) is 14.4 Å². The van der Waals surface area contributed by atoms with Gasteiger partial charge in [-0.1, -0.05) is 42.5 Å². The first-order valence-corrected chi connectivity index (χ1v) is 9.14. The van der Waals surface area contributed by atoms with E-state index in [-0.39, 0.29) is 18.5 Å². The number of tetrazole rings is 1. The number of carbonyl (C=O) groups excluding carboxylic acids is 3. The van der Waals surface area contributed by atoms with E-state index in [0.717, 1.165) is 5.56 Å². The Kier molecular flexibility index (Phi) is 6.83. The maximum absolute atomic E-state index is 12.7. The highest BCUT2D eigenvalue weighted by molar-refractivity contribution is 6.04. The minimum atomic E-state index is -0.667. The molecule has 0 spiro atoms. The number of esters is 1. The summed E-state index contributed by atoms with van der Waals surface area (Å²) in [7, 11) is 0. The van der Waals surface area contributed by atoms with Crippen LogP contribution in [-0.2, 0) is 20.9 Å². The van der Waals surface area contributed by atoms with E-state index >= 15 is 0 Å². The maximum Gasteiger partial charge on any atom is 0.328 e. The lowest BCUT2D eigenvalue weighted by Crippen LogP contribution is -2.29. The molecule has 10 nitrogen and oxygen atoms in total. The molecular weight excluding hydrogens is 388 g/mol. The van der Waals surface area contributed by atoms with Crippen molar-refractivity contribution >= 4 is 23.5 Å². The Morgan fingerprint density at radius 2 is 1.80 bits per heavy atom. The second-order valence-electron chi connectivity index (χ2n) is 6.37. The number of ether oxygens (including phenoxy) is 1. The lowest BCUT2D eigenvalue weighted by atomic mass is 10.1. The first-order chi connectivity index (χ1) is 14.5. The molecule has 154 valence electrons. The van der Waals surface area contributed by atoms with Crippen LogP contribution in [0.15, 0.2) is 60.9 Å². The molecule has 1 heterocycles. The number of benzene rings is 2. The van der Waals surface area contributed by atoms with Gasteiger partial charge in [-0.05, 0) is 35.0 Å². The summed E-state index contributed by atoms with van der Waals surface area (Å²) in [6.45, 7) is 1.16. The van der Waals surface area contributed by atoms with Gasteiger partial charge in [-0.25, -0.2) is 4.68 Å². The summed E-state index contributed by atoms with van der Waals surface area (Å²) in [6, 6.07) is 15.9. The minimum absolute atomic E-state index is 0.212. The van der Waals surface area contributed by atoms with Crippen molar-refractivity contribution in [2.24, 2.45) is 0 Å². The summed E-state index contributed by atoms with van der Waals surface area (Å²) in [5, 5.41) is 15.8. The van der Waals surface area contributed by atoms with Gasteiger partial charge in [-0.15, -0.1) is 5.10 Å². The van der Waals surface area contributed by atoms with Gasteiger partial charge < -0.3 is 15.4 Å². The zero-order valence-corrected chi connectivity index (χ0v) is 16.2. The summed E-state index contributed by atoms with van der Waals surface area (Å²) in [5.74, 6) is -1.57. The summed E-state index contributed by atoms with van der Waals surface area (Å²) in [4.78, 5) is 36.6.